The molecule has 3 nitrogen and oxygen atoms in total. The first-order chi connectivity index (χ1) is 4.99. The number of nitrogens with two attached hydrogens (primary N) is 1. The van der Waals surface area contributed by atoms with Crippen molar-refractivity contribution in [2.24, 2.45) is 5.73 Å². The summed E-state index contributed by atoms with van der Waals surface area (Å²) < 4.78 is 10.5. The Labute approximate surface area is 68.9 Å². The van der Waals surface area contributed by atoms with Crippen LogP contribution in [-0.4, -0.2) is 32.0 Å². The summed E-state index contributed by atoms with van der Waals surface area (Å²) in [6, 6.07) is 0. The van der Waals surface area contributed by atoms with E-state index in [4.69, 9.17) is 15.2 Å². The summed E-state index contributed by atoms with van der Waals surface area (Å²) in [5.74, 6) is 0. The molecule has 0 amide bonds. The molecule has 1 unspecified atom stereocenters. The van der Waals surface area contributed by atoms with Crippen molar-refractivity contribution < 1.29 is 9.47 Å². The fourth-order valence-corrected chi connectivity index (χ4v) is 0.575. The largest absolute Gasteiger partial charge is 0.378 e. The van der Waals surface area contributed by atoms with Gasteiger partial charge in [0.15, 0.2) is 0 Å². The maximum atomic E-state index is 5.47. The highest BCUT2D eigenvalue weighted by atomic mass is 16.5. The second-order valence-electron chi connectivity index (χ2n) is 3.52. The highest BCUT2D eigenvalue weighted by Gasteiger charge is 2.13. The molecule has 0 rings (SSSR count). The van der Waals surface area contributed by atoms with Crippen molar-refractivity contribution in [2.75, 3.05) is 20.3 Å². The van der Waals surface area contributed by atoms with E-state index in [9.17, 15) is 0 Å². The van der Waals surface area contributed by atoms with Gasteiger partial charge in [-0.05, 0) is 20.8 Å². The molecule has 0 fully saturated rings. The van der Waals surface area contributed by atoms with Crippen molar-refractivity contribution in [3.63, 3.8) is 0 Å². The number of hydrogen-bond acceptors (Lipinski definition) is 3. The quantitative estimate of drug-likeness (QED) is 0.662. The molecule has 0 aromatic carbocycles. The van der Waals surface area contributed by atoms with Crippen LogP contribution in [0.25, 0.3) is 0 Å². The van der Waals surface area contributed by atoms with Gasteiger partial charge in [-0.3, -0.25) is 0 Å². The van der Waals surface area contributed by atoms with Crippen LogP contribution in [0.4, 0.5) is 0 Å². The Morgan fingerprint density at radius 3 is 2.18 bits per heavy atom. The molecule has 0 saturated heterocycles. The van der Waals surface area contributed by atoms with Gasteiger partial charge in [-0.25, -0.2) is 0 Å². The lowest BCUT2D eigenvalue weighted by Crippen LogP contribution is -2.32. The Morgan fingerprint density at radius 1 is 1.36 bits per heavy atom. The van der Waals surface area contributed by atoms with Crippen LogP contribution >= 0.6 is 0 Å². The fraction of sp³-hybridized carbons (Fsp3) is 1.00. The van der Waals surface area contributed by atoms with E-state index >= 15 is 0 Å². The van der Waals surface area contributed by atoms with Gasteiger partial charge in [-0.15, -0.1) is 0 Å². The number of methoxy groups -OCH3 is 1. The van der Waals surface area contributed by atoms with E-state index in [1.807, 2.05) is 20.8 Å². The van der Waals surface area contributed by atoms with E-state index in [2.05, 4.69) is 0 Å². The van der Waals surface area contributed by atoms with Gasteiger partial charge in [-0.1, -0.05) is 0 Å². The molecule has 1 atom stereocenters. The lowest BCUT2D eigenvalue weighted by atomic mass is 10.2. The van der Waals surface area contributed by atoms with Crippen molar-refractivity contribution in [3.05, 3.63) is 0 Å². The zero-order chi connectivity index (χ0) is 8.91. The smallest absolute Gasteiger partial charge is 0.0926 e. The normalized spacial score (nSPS) is 15.0. The van der Waals surface area contributed by atoms with Crippen LogP contribution in [-0.2, 0) is 9.47 Å². The van der Waals surface area contributed by atoms with E-state index in [1.165, 1.54) is 0 Å². The van der Waals surface area contributed by atoms with E-state index in [-0.39, 0.29) is 11.7 Å². The average molecular weight is 161 g/mol. The third kappa shape index (κ3) is 6.28. The van der Waals surface area contributed by atoms with Gasteiger partial charge in [0.25, 0.3) is 0 Å². The minimum Gasteiger partial charge on any atom is -0.378 e. The van der Waals surface area contributed by atoms with Crippen LogP contribution in [0.15, 0.2) is 0 Å². The second kappa shape index (κ2) is 4.70. The number of hydrogen-bond donors (Lipinski definition) is 1. The minimum absolute atomic E-state index is 0.0224. The Morgan fingerprint density at radius 2 is 1.91 bits per heavy atom. The van der Waals surface area contributed by atoms with Crippen molar-refractivity contribution in [2.45, 2.75) is 32.5 Å². The Kier molecular flexibility index (Phi) is 4.65. The first-order valence-electron chi connectivity index (χ1n) is 3.86. The maximum absolute atomic E-state index is 5.47. The predicted octanol–water partition coefficient (Wildman–Crippen LogP) is 0.775. The van der Waals surface area contributed by atoms with Gasteiger partial charge in [0.05, 0.1) is 18.3 Å². The molecule has 2 N–H and O–H groups in total. The molecular formula is C8H19NO2. The highest BCUT2D eigenvalue weighted by molar-refractivity contribution is 4.63. The van der Waals surface area contributed by atoms with Crippen molar-refractivity contribution in [3.8, 4) is 0 Å². The van der Waals surface area contributed by atoms with Gasteiger partial charge in [0.2, 0.25) is 0 Å². The maximum Gasteiger partial charge on any atom is 0.0926 e. The molecule has 0 bridgehead atoms. The number of rotatable bonds is 4. The molecule has 0 heterocycles. The number of ether oxygens (including phenoxy) is 2. The van der Waals surface area contributed by atoms with Gasteiger partial charge in [0.1, 0.15) is 0 Å². The first-order valence-corrected chi connectivity index (χ1v) is 3.86. The fourth-order valence-electron chi connectivity index (χ4n) is 0.575. The monoisotopic (exact) mass is 161 g/mol. The SMILES string of the molecule is COC(CN)COC(C)(C)C. The summed E-state index contributed by atoms with van der Waals surface area (Å²) in [4.78, 5) is 0. The van der Waals surface area contributed by atoms with E-state index < -0.39 is 0 Å². The summed E-state index contributed by atoms with van der Waals surface area (Å²) in [6.07, 6.45) is 0.0224. The molecule has 0 aliphatic rings. The van der Waals surface area contributed by atoms with Crippen LogP contribution in [0.1, 0.15) is 20.8 Å². The van der Waals surface area contributed by atoms with Gasteiger partial charge in [-0.2, -0.15) is 0 Å². The minimum atomic E-state index is -0.105. The average Bonchev–Trinajstić information content (AvgIpc) is 1.88. The lowest BCUT2D eigenvalue weighted by Gasteiger charge is -2.22. The van der Waals surface area contributed by atoms with E-state index in [0.717, 1.165) is 0 Å². The van der Waals surface area contributed by atoms with Crippen LogP contribution < -0.4 is 5.73 Å². The van der Waals surface area contributed by atoms with E-state index in [1.54, 1.807) is 7.11 Å². The van der Waals surface area contributed by atoms with E-state index in [0.29, 0.717) is 13.2 Å². The standard InChI is InChI=1S/C8H19NO2/c1-8(2,3)11-6-7(5-9)10-4/h7H,5-6,9H2,1-4H3. The molecule has 0 aliphatic heterocycles. The zero-order valence-corrected chi connectivity index (χ0v) is 7.89. The molecule has 68 valence electrons. The molecule has 0 aromatic rings. The van der Waals surface area contributed by atoms with Gasteiger partial charge < -0.3 is 15.2 Å². The first kappa shape index (κ1) is 10.9. The van der Waals surface area contributed by atoms with Crippen LogP contribution in [0.3, 0.4) is 0 Å². The topological polar surface area (TPSA) is 44.5 Å². The third-order valence-electron chi connectivity index (χ3n) is 1.30. The third-order valence-corrected chi connectivity index (χ3v) is 1.30. The van der Waals surface area contributed by atoms with Gasteiger partial charge in [0, 0.05) is 13.7 Å². The van der Waals surface area contributed by atoms with Crippen molar-refractivity contribution in [1.29, 1.82) is 0 Å². The second-order valence-corrected chi connectivity index (χ2v) is 3.52. The van der Waals surface area contributed by atoms with Crippen molar-refractivity contribution >= 4 is 0 Å². The Balaban J connectivity index is 3.51. The molecule has 11 heavy (non-hydrogen) atoms. The summed E-state index contributed by atoms with van der Waals surface area (Å²) in [5.41, 5.74) is 5.30. The molecular weight excluding hydrogens is 142 g/mol. The van der Waals surface area contributed by atoms with Crippen molar-refractivity contribution in [1.82, 2.24) is 0 Å². The molecule has 0 radical (unpaired) electrons. The molecule has 0 aromatic heterocycles. The lowest BCUT2D eigenvalue weighted by molar-refractivity contribution is -0.0575. The predicted molar refractivity (Wildman–Crippen MR) is 45.6 cm³/mol. The Bertz CT molecular complexity index is 94.8. The summed E-state index contributed by atoms with van der Waals surface area (Å²) >= 11 is 0. The molecule has 0 aliphatic carbocycles. The van der Waals surface area contributed by atoms with Gasteiger partial charge >= 0.3 is 0 Å². The molecule has 3 heteroatoms. The van der Waals surface area contributed by atoms with Crippen LogP contribution in [0.2, 0.25) is 0 Å². The summed E-state index contributed by atoms with van der Waals surface area (Å²) in [7, 11) is 1.64. The van der Waals surface area contributed by atoms with Crippen LogP contribution in [0.5, 0.6) is 0 Å². The van der Waals surface area contributed by atoms with Crippen LogP contribution in [0, 0.1) is 0 Å². The summed E-state index contributed by atoms with van der Waals surface area (Å²) in [6.45, 7) is 7.10. The zero-order valence-electron chi connectivity index (χ0n) is 7.89. The summed E-state index contributed by atoms with van der Waals surface area (Å²) in [5, 5.41) is 0. The molecule has 0 saturated carbocycles. The highest BCUT2D eigenvalue weighted by Crippen LogP contribution is 2.07. The Hall–Kier alpha value is -0.120. The molecule has 0 spiro atoms.